The lowest BCUT2D eigenvalue weighted by molar-refractivity contribution is -0.0686. The molecule has 0 radical (unpaired) electrons. The third-order valence-electron chi connectivity index (χ3n) is 5.47. The van der Waals surface area contributed by atoms with Gasteiger partial charge in [0.15, 0.2) is 0 Å². The van der Waals surface area contributed by atoms with E-state index in [1.54, 1.807) is 0 Å². The number of allylic oxidation sites excluding steroid dienone is 1. The number of nitrogens with zero attached hydrogens (tertiary/aromatic N) is 1. The molecule has 26 heavy (non-hydrogen) atoms. The molecular formula is C20H24F3NO2. The minimum Gasteiger partial charge on any atom is -0.396 e. The maximum absolute atomic E-state index is 13.0. The second kappa shape index (κ2) is 7.43. The molecule has 2 fully saturated rings. The number of hydrogen-bond acceptors (Lipinski definition) is 2. The number of carbonyl (C=O) groups is 1. The van der Waals surface area contributed by atoms with E-state index in [9.17, 15) is 23.1 Å². The molecule has 0 aromatic heterocycles. The Balaban J connectivity index is 1.73. The van der Waals surface area contributed by atoms with E-state index in [0.29, 0.717) is 11.5 Å². The zero-order chi connectivity index (χ0) is 18.9. The summed E-state index contributed by atoms with van der Waals surface area (Å²) >= 11 is 0. The van der Waals surface area contributed by atoms with Crippen LogP contribution >= 0.6 is 0 Å². The van der Waals surface area contributed by atoms with Crippen molar-refractivity contribution in [2.24, 2.45) is 5.92 Å². The standard InChI is InChI=1S/C20H24F3NO2/c1-13(20(21,22)23)15-4-6-16(7-5-15)19(26)24(18-10-11-18)17-8-2-14(12-25)3-9-17/h4-7,14,17-18,25H,1-3,8-12H2. The van der Waals surface area contributed by atoms with Crippen LogP contribution in [-0.4, -0.2) is 40.8 Å². The lowest BCUT2D eigenvalue weighted by Crippen LogP contribution is -2.44. The highest BCUT2D eigenvalue weighted by atomic mass is 19.4. The van der Waals surface area contributed by atoms with Crippen LogP contribution in [-0.2, 0) is 0 Å². The van der Waals surface area contributed by atoms with E-state index in [0.717, 1.165) is 38.5 Å². The maximum atomic E-state index is 13.0. The molecule has 2 aliphatic carbocycles. The Bertz CT molecular complexity index is 657. The number of aliphatic hydroxyl groups is 1. The van der Waals surface area contributed by atoms with E-state index in [1.807, 2.05) is 4.90 Å². The van der Waals surface area contributed by atoms with Crippen LogP contribution in [0.1, 0.15) is 54.4 Å². The van der Waals surface area contributed by atoms with Gasteiger partial charge >= 0.3 is 6.18 Å². The molecular weight excluding hydrogens is 343 g/mol. The molecule has 2 saturated carbocycles. The number of rotatable bonds is 5. The molecule has 0 saturated heterocycles. The first-order chi connectivity index (χ1) is 12.3. The van der Waals surface area contributed by atoms with Crippen LogP contribution in [0.5, 0.6) is 0 Å². The molecule has 3 nitrogen and oxygen atoms in total. The molecule has 6 heteroatoms. The van der Waals surface area contributed by atoms with Crippen LogP contribution in [0.3, 0.4) is 0 Å². The van der Waals surface area contributed by atoms with Crippen LogP contribution in [0, 0.1) is 5.92 Å². The van der Waals surface area contributed by atoms with Crippen molar-refractivity contribution in [3.8, 4) is 0 Å². The molecule has 1 amide bonds. The van der Waals surface area contributed by atoms with Gasteiger partial charge in [-0.05, 0) is 62.1 Å². The van der Waals surface area contributed by atoms with E-state index in [1.165, 1.54) is 24.3 Å². The van der Waals surface area contributed by atoms with Crippen LogP contribution < -0.4 is 0 Å². The Kier molecular flexibility index (Phi) is 5.42. The van der Waals surface area contributed by atoms with Crippen LogP contribution in [0.2, 0.25) is 0 Å². The van der Waals surface area contributed by atoms with Gasteiger partial charge in [-0.25, -0.2) is 0 Å². The van der Waals surface area contributed by atoms with Gasteiger partial charge in [-0.15, -0.1) is 0 Å². The van der Waals surface area contributed by atoms with Crippen molar-refractivity contribution >= 4 is 11.5 Å². The van der Waals surface area contributed by atoms with Gasteiger partial charge in [-0.3, -0.25) is 4.79 Å². The predicted molar refractivity (Wildman–Crippen MR) is 93.6 cm³/mol. The summed E-state index contributed by atoms with van der Waals surface area (Å²) in [5.74, 6) is 0.208. The van der Waals surface area contributed by atoms with Crippen molar-refractivity contribution in [2.45, 2.75) is 56.8 Å². The van der Waals surface area contributed by atoms with Crippen LogP contribution in [0.25, 0.3) is 5.57 Å². The Morgan fingerprint density at radius 3 is 1.88 bits per heavy atom. The molecule has 1 aromatic carbocycles. The Morgan fingerprint density at radius 1 is 1.00 bits per heavy atom. The lowest BCUT2D eigenvalue weighted by atomic mass is 9.85. The van der Waals surface area contributed by atoms with Gasteiger partial charge in [0.2, 0.25) is 0 Å². The van der Waals surface area contributed by atoms with Gasteiger partial charge in [0, 0.05) is 24.3 Å². The zero-order valence-corrected chi connectivity index (χ0v) is 14.6. The van der Waals surface area contributed by atoms with E-state index in [2.05, 4.69) is 6.58 Å². The minimum atomic E-state index is -4.48. The minimum absolute atomic E-state index is 0.0181. The third-order valence-corrected chi connectivity index (χ3v) is 5.47. The highest BCUT2D eigenvalue weighted by Crippen LogP contribution is 2.37. The molecule has 142 valence electrons. The first kappa shape index (κ1) is 19.0. The predicted octanol–water partition coefficient (Wildman–Crippen LogP) is 4.42. The van der Waals surface area contributed by atoms with E-state index >= 15 is 0 Å². The summed E-state index contributed by atoms with van der Waals surface area (Å²) in [6.45, 7) is 3.28. The molecule has 0 unspecified atom stereocenters. The van der Waals surface area contributed by atoms with E-state index < -0.39 is 11.7 Å². The lowest BCUT2D eigenvalue weighted by Gasteiger charge is -2.37. The van der Waals surface area contributed by atoms with Crippen molar-refractivity contribution in [3.63, 3.8) is 0 Å². The summed E-state index contributed by atoms with van der Waals surface area (Å²) in [4.78, 5) is 14.9. The van der Waals surface area contributed by atoms with Gasteiger partial charge in [0.25, 0.3) is 5.91 Å². The SMILES string of the molecule is C=C(c1ccc(C(=O)N(C2CCC(CO)CC2)C2CC2)cc1)C(F)(F)F. The van der Waals surface area contributed by atoms with E-state index in [4.69, 9.17) is 0 Å². The second-order valence-electron chi connectivity index (χ2n) is 7.35. The van der Waals surface area contributed by atoms with Gasteiger partial charge in [-0.2, -0.15) is 13.2 Å². The summed E-state index contributed by atoms with van der Waals surface area (Å²) < 4.78 is 38.2. The molecule has 1 aromatic rings. The first-order valence-electron chi connectivity index (χ1n) is 9.11. The number of hydrogen-bond donors (Lipinski definition) is 1. The molecule has 0 bridgehead atoms. The largest absolute Gasteiger partial charge is 0.416 e. The van der Waals surface area contributed by atoms with Gasteiger partial charge < -0.3 is 10.0 Å². The molecule has 0 atom stereocenters. The van der Waals surface area contributed by atoms with Crippen LogP contribution in [0.15, 0.2) is 30.8 Å². The summed E-state index contributed by atoms with van der Waals surface area (Å²) in [5.41, 5.74) is -0.506. The first-order valence-corrected chi connectivity index (χ1v) is 9.11. The van der Waals surface area contributed by atoms with Crippen molar-refractivity contribution < 1.29 is 23.1 Å². The number of halogens is 3. The number of carbonyl (C=O) groups excluding carboxylic acids is 1. The number of alkyl halides is 3. The molecule has 2 aliphatic rings. The normalized spacial score (nSPS) is 23.5. The fourth-order valence-corrected chi connectivity index (χ4v) is 3.71. The quantitative estimate of drug-likeness (QED) is 0.837. The monoisotopic (exact) mass is 367 g/mol. The summed E-state index contributed by atoms with van der Waals surface area (Å²) in [5, 5.41) is 9.28. The highest BCUT2D eigenvalue weighted by molar-refractivity contribution is 5.95. The van der Waals surface area contributed by atoms with E-state index in [-0.39, 0.29) is 30.2 Å². The highest BCUT2D eigenvalue weighted by Gasteiger charge is 2.39. The fraction of sp³-hybridized carbons (Fsp3) is 0.550. The van der Waals surface area contributed by atoms with Gasteiger partial charge in [0.05, 0.1) is 5.57 Å². The van der Waals surface area contributed by atoms with Gasteiger partial charge in [-0.1, -0.05) is 18.7 Å². The van der Waals surface area contributed by atoms with Crippen LogP contribution in [0.4, 0.5) is 13.2 Å². The maximum Gasteiger partial charge on any atom is 0.416 e. The third kappa shape index (κ3) is 4.11. The number of benzene rings is 1. The topological polar surface area (TPSA) is 40.5 Å². The van der Waals surface area contributed by atoms with Gasteiger partial charge in [0.1, 0.15) is 0 Å². The molecule has 1 N–H and O–H groups in total. The summed E-state index contributed by atoms with van der Waals surface area (Å²) in [6, 6.07) is 5.95. The molecule has 0 heterocycles. The summed E-state index contributed by atoms with van der Waals surface area (Å²) in [6.07, 6.45) is 1.04. The zero-order valence-electron chi connectivity index (χ0n) is 14.6. The Morgan fingerprint density at radius 2 is 1.46 bits per heavy atom. The smallest absolute Gasteiger partial charge is 0.396 e. The average Bonchev–Trinajstić information content (AvgIpc) is 3.46. The second-order valence-corrected chi connectivity index (χ2v) is 7.35. The summed E-state index contributed by atoms with van der Waals surface area (Å²) in [7, 11) is 0. The van der Waals surface area contributed by atoms with Crippen molar-refractivity contribution in [1.29, 1.82) is 0 Å². The molecule has 0 spiro atoms. The fourth-order valence-electron chi connectivity index (χ4n) is 3.71. The average molecular weight is 367 g/mol. The Labute approximate surface area is 151 Å². The molecule has 0 aliphatic heterocycles. The molecule has 3 rings (SSSR count). The number of aliphatic hydroxyl groups excluding tert-OH is 1. The van der Waals surface area contributed by atoms with Crippen molar-refractivity contribution in [3.05, 3.63) is 42.0 Å². The van der Waals surface area contributed by atoms with Crippen molar-refractivity contribution in [2.75, 3.05) is 6.61 Å². The number of amides is 1. The van der Waals surface area contributed by atoms with Crippen molar-refractivity contribution in [1.82, 2.24) is 4.90 Å². The Hall–Kier alpha value is -1.82.